The molecule has 32 heavy (non-hydrogen) atoms. The molecule has 0 aliphatic carbocycles. The lowest BCUT2D eigenvalue weighted by Gasteiger charge is -2.08. The largest absolute Gasteiger partial charge is 0.457 e. The average Bonchev–Trinajstić information content (AvgIpc) is 3.20. The predicted molar refractivity (Wildman–Crippen MR) is 117 cm³/mol. The summed E-state index contributed by atoms with van der Waals surface area (Å²) in [6.07, 6.45) is 0. The van der Waals surface area contributed by atoms with Gasteiger partial charge >= 0.3 is 0 Å². The van der Waals surface area contributed by atoms with Gasteiger partial charge in [-0.25, -0.2) is 4.68 Å². The second-order valence-corrected chi connectivity index (χ2v) is 6.96. The Bertz CT molecular complexity index is 1270. The molecule has 0 aliphatic rings. The number of ether oxygens (including phenoxy) is 1. The van der Waals surface area contributed by atoms with Crippen molar-refractivity contribution in [1.82, 2.24) is 20.3 Å². The zero-order chi connectivity index (χ0) is 22.5. The summed E-state index contributed by atoms with van der Waals surface area (Å²) >= 11 is 0. The molecule has 9 heteroatoms. The predicted octanol–water partition coefficient (Wildman–Crippen LogP) is 4.21. The van der Waals surface area contributed by atoms with Gasteiger partial charge in [0.05, 0.1) is 16.3 Å². The van der Waals surface area contributed by atoms with Crippen molar-refractivity contribution in [3.8, 4) is 17.2 Å². The number of nitro benzene ring substituents is 1. The van der Waals surface area contributed by atoms with Crippen LogP contribution in [0, 0.1) is 17.0 Å². The van der Waals surface area contributed by atoms with Crippen LogP contribution in [0.1, 0.15) is 21.7 Å². The van der Waals surface area contributed by atoms with Crippen molar-refractivity contribution in [2.45, 2.75) is 13.5 Å². The standard InChI is InChI=1S/C23H19N5O4/c1-16-22(25-26-27(16)18-8-6-9-19(14-18)28(30)31)23(29)24-15-17-7-5-12-21(13-17)32-20-10-3-2-4-11-20/h2-14H,15H2,1H3,(H,24,29). The summed E-state index contributed by atoms with van der Waals surface area (Å²) in [5, 5.41) is 21.8. The minimum absolute atomic E-state index is 0.0685. The average molecular weight is 429 g/mol. The Morgan fingerprint density at radius 2 is 1.78 bits per heavy atom. The number of rotatable bonds is 7. The third kappa shape index (κ3) is 4.62. The molecule has 1 heterocycles. The SMILES string of the molecule is Cc1c(C(=O)NCc2cccc(Oc3ccccc3)c2)nnn1-c1cccc([N+](=O)[O-])c1. The molecule has 160 valence electrons. The first-order valence-electron chi connectivity index (χ1n) is 9.78. The summed E-state index contributed by atoms with van der Waals surface area (Å²) in [7, 11) is 0. The third-order valence-corrected chi connectivity index (χ3v) is 4.73. The zero-order valence-corrected chi connectivity index (χ0v) is 17.1. The molecule has 3 aromatic carbocycles. The van der Waals surface area contributed by atoms with Gasteiger partial charge in [0.15, 0.2) is 5.69 Å². The Balaban J connectivity index is 1.45. The topological polar surface area (TPSA) is 112 Å². The van der Waals surface area contributed by atoms with E-state index >= 15 is 0 Å². The van der Waals surface area contributed by atoms with Gasteiger partial charge in [0.1, 0.15) is 11.5 Å². The first-order valence-corrected chi connectivity index (χ1v) is 9.78. The number of para-hydroxylation sites is 1. The van der Waals surface area contributed by atoms with Crippen molar-refractivity contribution in [1.29, 1.82) is 0 Å². The Morgan fingerprint density at radius 3 is 2.56 bits per heavy atom. The van der Waals surface area contributed by atoms with Crippen LogP contribution < -0.4 is 10.1 Å². The fourth-order valence-electron chi connectivity index (χ4n) is 3.13. The fraction of sp³-hybridized carbons (Fsp3) is 0.0870. The molecule has 0 atom stereocenters. The number of nitrogens with zero attached hydrogens (tertiary/aromatic N) is 4. The van der Waals surface area contributed by atoms with Gasteiger partial charge in [0.2, 0.25) is 0 Å². The van der Waals surface area contributed by atoms with Crippen molar-refractivity contribution in [2.75, 3.05) is 0 Å². The monoisotopic (exact) mass is 429 g/mol. The minimum Gasteiger partial charge on any atom is -0.457 e. The van der Waals surface area contributed by atoms with Gasteiger partial charge in [-0.3, -0.25) is 14.9 Å². The molecule has 1 amide bonds. The molecule has 0 saturated carbocycles. The van der Waals surface area contributed by atoms with Crippen LogP contribution in [-0.4, -0.2) is 25.8 Å². The van der Waals surface area contributed by atoms with Gasteiger partial charge in [-0.05, 0) is 42.8 Å². The molecule has 9 nitrogen and oxygen atoms in total. The quantitative estimate of drug-likeness (QED) is 0.348. The van der Waals surface area contributed by atoms with E-state index < -0.39 is 10.8 Å². The first-order chi connectivity index (χ1) is 15.5. The van der Waals surface area contributed by atoms with Gasteiger partial charge in [-0.1, -0.05) is 41.6 Å². The number of non-ortho nitro benzene ring substituents is 1. The van der Waals surface area contributed by atoms with Crippen LogP contribution in [0.5, 0.6) is 11.5 Å². The van der Waals surface area contributed by atoms with Crippen molar-refractivity contribution < 1.29 is 14.5 Å². The van der Waals surface area contributed by atoms with E-state index in [0.717, 1.165) is 11.3 Å². The number of amides is 1. The van der Waals surface area contributed by atoms with Crippen LogP contribution in [-0.2, 0) is 6.54 Å². The van der Waals surface area contributed by atoms with Gasteiger partial charge in [0, 0.05) is 18.7 Å². The maximum Gasteiger partial charge on any atom is 0.274 e. The van der Waals surface area contributed by atoms with Crippen LogP contribution in [0.25, 0.3) is 5.69 Å². The highest BCUT2D eigenvalue weighted by Gasteiger charge is 2.18. The molecule has 0 bridgehead atoms. The van der Waals surface area contributed by atoms with E-state index in [9.17, 15) is 14.9 Å². The lowest BCUT2D eigenvalue weighted by molar-refractivity contribution is -0.384. The van der Waals surface area contributed by atoms with Gasteiger partial charge < -0.3 is 10.1 Å². The zero-order valence-electron chi connectivity index (χ0n) is 17.1. The fourth-order valence-corrected chi connectivity index (χ4v) is 3.13. The van der Waals surface area contributed by atoms with Gasteiger partial charge in [0.25, 0.3) is 11.6 Å². The Morgan fingerprint density at radius 1 is 1.03 bits per heavy atom. The van der Waals surface area contributed by atoms with Crippen molar-refractivity contribution in [2.24, 2.45) is 0 Å². The van der Waals surface area contributed by atoms with Gasteiger partial charge in [-0.15, -0.1) is 5.10 Å². The number of nitro groups is 1. The van der Waals surface area contributed by atoms with E-state index in [1.165, 1.54) is 16.8 Å². The maximum absolute atomic E-state index is 12.7. The lowest BCUT2D eigenvalue weighted by atomic mass is 10.2. The van der Waals surface area contributed by atoms with Crippen molar-refractivity contribution in [3.63, 3.8) is 0 Å². The Labute approximate surface area is 183 Å². The normalized spacial score (nSPS) is 10.5. The number of carbonyl (C=O) groups excluding carboxylic acids is 1. The molecule has 0 aliphatic heterocycles. The molecule has 0 saturated heterocycles. The number of hydrogen-bond acceptors (Lipinski definition) is 6. The Kier molecular flexibility index (Phi) is 5.89. The lowest BCUT2D eigenvalue weighted by Crippen LogP contribution is -2.24. The molecular weight excluding hydrogens is 410 g/mol. The van der Waals surface area contributed by atoms with Crippen LogP contribution >= 0.6 is 0 Å². The highest BCUT2D eigenvalue weighted by atomic mass is 16.6. The van der Waals surface area contributed by atoms with E-state index in [0.29, 0.717) is 17.1 Å². The Hall–Kier alpha value is -4.53. The molecule has 0 spiro atoms. The second kappa shape index (κ2) is 9.09. The van der Waals surface area contributed by atoms with E-state index in [1.54, 1.807) is 19.1 Å². The van der Waals surface area contributed by atoms with Crippen molar-refractivity contribution >= 4 is 11.6 Å². The summed E-state index contributed by atoms with van der Waals surface area (Å²) in [5.41, 5.74) is 1.86. The molecule has 0 radical (unpaired) electrons. The molecule has 1 aromatic heterocycles. The smallest absolute Gasteiger partial charge is 0.274 e. The summed E-state index contributed by atoms with van der Waals surface area (Å²) in [6, 6.07) is 22.8. The highest BCUT2D eigenvalue weighted by molar-refractivity contribution is 5.93. The van der Waals surface area contributed by atoms with Crippen LogP contribution in [0.4, 0.5) is 5.69 Å². The summed E-state index contributed by atoms with van der Waals surface area (Å²) in [4.78, 5) is 23.2. The van der Waals surface area contributed by atoms with Crippen LogP contribution in [0.3, 0.4) is 0 Å². The van der Waals surface area contributed by atoms with E-state index in [4.69, 9.17) is 4.74 Å². The number of hydrogen-bond donors (Lipinski definition) is 1. The van der Waals surface area contributed by atoms with E-state index in [-0.39, 0.29) is 17.9 Å². The molecule has 4 rings (SSSR count). The molecule has 1 N–H and O–H groups in total. The number of benzene rings is 3. The summed E-state index contributed by atoms with van der Waals surface area (Å²) in [6.45, 7) is 1.95. The number of nitrogens with one attached hydrogen (secondary N) is 1. The molecule has 4 aromatic rings. The molecule has 0 fully saturated rings. The third-order valence-electron chi connectivity index (χ3n) is 4.73. The van der Waals surface area contributed by atoms with E-state index in [1.807, 2.05) is 54.6 Å². The summed E-state index contributed by atoms with van der Waals surface area (Å²) in [5.74, 6) is 0.992. The van der Waals surface area contributed by atoms with Crippen molar-refractivity contribution in [3.05, 3.63) is 106 Å². The van der Waals surface area contributed by atoms with E-state index in [2.05, 4.69) is 15.6 Å². The van der Waals surface area contributed by atoms with Gasteiger partial charge in [-0.2, -0.15) is 0 Å². The maximum atomic E-state index is 12.7. The summed E-state index contributed by atoms with van der Waals surface area (Å²) < 4.78 is 7.22. The van der Waals surface area contributed by atoms with Crippen LogP contribution in [0.2, 0.25) is 0 Å². The first kappa shape index (κ1) is 20.7. The minimum atomic E-state index is -0.487. The number of aromatic nitrogens is 3. The molecular formula is C23H19N5O4. The highest BCUT2D eigenvalue weighted by Crippen LogP contribution is 2.22. The van der Waals surface area contributed by atoms with Crippen LogP contribution in [0.15, 0.2) is 78.9 Å². The molecule has 0 unspecified atom stereocenters. The number of carbonyl (C=O) groups is 1. The second-order valence-electron chi connectivity index (χ2n) is 6.96.